The summed E-state index contributed by atoms with van der Waals surface area (Å²) in [5.41, 5.74) is 3.67. The van der Waals surface area contributed by atoms with Crippen LogP contribution in [0.25, 0.3) is 11.1 Å². The first-order valence-corrected chi connectivity index (χ1v) is 7.66. The molecule has 3 rings (SSSR count). The lowest BCUT2D eigenvalue weighted by atomic mass is 10.1. The van der Waals surface area contributed by atoms with Crippen molar-refractivity contribution in [3.63, 3.8) is 0 Å². The number of methoxy groups -OCH3 is 1. The first-order chi connectivity index (χ1) is 10.8. The van der Waals surface area contributed by atoms with Crippen molar-refractivity contribution >= 4 is 11.6 Å². The Morgan fingerprint density at radius 3 is 1.50 bits per heavy atom. The summed E-state index contributed by atoms with van der Waals surface area (Å²) in [5, 5.41) is 0. The zero-order valence-electron chi connectivity index (χ0n) is 12.6. The van der Waals surface area contributed by atoms with Crippen LogP contribution in [0.2, 0.25) is 0 Å². The molecule has 0 N–H and O–H groups in total. The van der Waals surface area contributed by atoms with Gasteiger partial charge in [-0.1, -0.05) is 72.8 Å². The highest BCUT2D eigenvalue weighted by Crippen LogP contribution is 2.17. The number of alkyl halides is 1. The molecule has 112 valence electrons. The van der Waals surface area contributed by atoms with Gasteiger partial charge in [-0.15, -0.1) is 11.6 Å². The van der Waals surface area contributed by atoms with E-state index in [1.165, 1.54) is 11.1 Å². The third-order valence-electron chi connectivity index (χ3n) is 3.19. The van der Waals surface area contributed by atoms with Crippen LogP contribution in [0, 0.1) is 0 Å². The Kier molecular flexibility index (Phi) is 6.53. The maximum Gasteiger partial charge on any atom is 0.118 e. The van der Waals surface area contributed by atoms with Crippen LogP contribution < -0.4 is 4.74 Å². The SMILES string of the molecule is COc1ccc(CCl)cc1.c1ccc(-c2ccccc2)cc1. The highest BCUT2D eigenvalue weighted by Gasteiger charge is 1.92. The zero-order valence-corrected chi connectivity index (χ0v) is 13.3. The van der Waals surface area contributed by atoms with Gasteiger partial charge < -0.3 is 4.74 Å². The van der Waals surface area contributed by atoms with Gasteiger partial charge in [0.15, 0.2) is 0 Å². The molecule has 0 saturated heterocycles. The second kappa shape index (κ2) is 8.91. The van der Waals surface area contributed by atoms with E-state index >= 15 is 0 Å². The molecule has 0 atom stereocenters. The fourth-order valence-corrected chi connectivity index (χ4v) is 2.15. The fraction of sp³-hybridized carbons (Fsp3) is 0.100. The summed E-state index contributed by atoms with van der Waals surface area (Å²) >= 11 is 5.58. The molecule has 0 aliphatic rings. The second-order valence-corrected chi connectivity index (χ2v) is 4.98. The quantitative estimate of drug-likeness (QED) is 0.556. The van der Waals surface area contributed by atoms with Crippen LogP contribution in [0.5, 0.6) is 5.75 Å². The van der Waals surface area contributed by atoms with Crippen LogP contribution in [0.3, 0.4) is 0 Å². The maximum atomic E-state index is 5.58. The molecule has 0 heterocycles. The minimum atomic E-state index is 0.560. The van der Waals surface area contributed by atoms with E-state index in [4.69, 9.17) is 16.3 Å². The standard InChI is InChI=1S/C12H10.C8H9ClO/c1-3-7-11(8-4-1)12-9-5-2-6-10-12;1-10-8-4-2-7(6-9)3-5-8/h1-10H;2-5H,6H2,1H3. The highest BCUT2D eigenvalue weighted by molar-refractivity contribution is 6.17. The van der Waals surface area contributed by atoms with Crippen LogP contribution in [0.15, 0.2) is 84.9 Å². The van der Waals surface area contributed by atoms with Gasteiger partial charge in [-0.05, 0) is 28.8 Å². The van der Waals surface area contributed by atoms with Gasteiger partial charge in [0.25, 0.3) is 0 Å². The van der Waals surface area contributed by atoms with Crippen molar-refractivity contribution in [3.8, 4) is 16.9 Å². The molecule has 1 nitrogen and oxygen atoms in total. The first kappa shape index (κ1) is 16.1. The number of halogens is 1. The van der Waals surface area contributed by atoms with Gasteiger partial charge in [-0.3, -0.25) is 0 Å². The molecule has 0 aromatic heterocycles. The van der Waals surface area contributed by atoms with Crippen molar-refractivity contribution in [1.29, 1.82) is 0 Å². The molecule has 0 fully saturated rings. The lowest BCUT2D eigenvalue weighted by molar-refractivity contribution is 0.414. The average Bonchev–Trinajstić information content (AvgIpc) is 2.64. The first-order valence-electron chi connectivity index (χ1n) is 7.13. The van der Waals surface area contributed by atoms with E-state index in [9.17, 15) is 0 Å². The second-order valence-electron chi connectivity index (χ2n) is 4.71. The lowest BCUT2D eigenvalue weighted by Crippen LogP contribution is -1.82. The number of ether oxygens (including phenoxy) is 1. The minimum Gasteiger partial charge on any atom is -0.497 e. The summed E-state index contributed by atoms with van der Waals surface area (Å²) in [6.07, 6.45) is 0. The van der Waals surface area contributed by atoms with Crippen molar-refractivity contribution in [2.45, 2.75) is 5.88 Å². The molecule has 22 heavy (non-hydrogen) atoms. The fourth-order valence-electron chi connectivity index (χ4n) is 1.98. The lowest BCUT2D eigenvalue weighted by Gasteiger charge is -1.98. The molecule has 3 aromatic carbocycles. The molecule has 0 aliphatic heterocycles. The zero-order chi connectivity index (χ0) is 15.6. The number of hydrogen-bond donors (Lipinski definition) is 0. The Balaban J connectivity index is 0.000000164. The molecule has 0 amide bonds. The smallest absolute Gasteiger partial charge is 0.118 e. The van der Waals surface area contributed by atoms with Gasteiger partial charge in [0, 0.05) is 5.88 Å². The highest BCUT2D eigenvalue weighted by atomic mass is 35.5. The van der Waals surface area contributed by atoms with Crippen LogP contribution in [-0.2, 0) is 5.88 Å². The third-order valence-corrected chi connectivity index (χ3v) is 3.50. The topological polar surface area (TPSA) is 9.23 Å². The Morgan fingerprint density at radius 1 is 0.682 bits per heavy atom. The van der Waals surface area contributed by atoms with E-state index in [2.05, 4.69) is 48.5 Å². The van der Waals surface area contributed by atoms with Crippen molar-refractivity contribution in [3.05, 3.63) is 90.5 Å². The molecule has 0 radical (unpaired) electrons. The molecule has 0 spiro atoms. The Morgan fingerprint density at radius 2 is 1.14 bits per heavy atom. The summed E-state index contributed by atoms with van der Waals surface area (Å²) in [7, 11) is 1.65. The molecule has 0 bridgehead atoms. The van der Waals surface area contributed by atoms with Crippen molar-refractivity contribution < 1.29 is 4.74 Å². The number of benzene rings is 3. The molecule has 0 unspecified atom stereocenters. The van der Waals surface area contributed by atoms with Gasteiger partial charge in [-0.2, -0.15) is 0 Å². The number of rotatable bonds is 3. The summed E-state index contributed by atoms with van der Waals surface area (Å²) < 4.78 is 4.97. The summed E-state index contributed by atoms with van der Waals surface area (Å²) in [6, 6.07) is 28.5. The molecular formula is C20H19ClO. The van der Waals surface area contributed by atoms with Crippen LogP contribution >= 0.6 is 11.6 Å². The Bertz CT molecular complexity index is 588. The monoisotopic (exact) mass is 310 g/mol. The molecule has 0 aliphatic carbocycles. The number of hydrogen-bond acceptors (Lipinski definition) is 1. The van der Waals surface area contributed by atoms with Crippen molar-refractivity contribution in [2.75, 3.05) is 7.11 Å². The summed E-state index contributed by atoms with van der Waals surface area (Å²) in [4.78, 5) is 0. The molecule has 2 heteroatoms. The van der Waals surface area contributed by atoms with Crippen molar-refractivity contribution in [1.82, 2.24) is 0 Å². The average molecular weight is 311 g/mol. The predicted octanol–water partition coefficient (Wildman–Crippen LogP) is 5.79. The third kappa shape index (κ3) is 4.94. The van der Waals surface area contributed by atoms with Gasteiger partial charge in [0.05, 0.1) is 7.11 Å². The van der Waals surface area contributed by atoms with Crippen LogP contribution in [-0.4, -0.2) is 7.11 Å². The van der Waals surface area contributed by atoms with Gasteiger partial charge >= 0.3 is 0 Å². The molecule has 0 saturated carbocycles. The van der Waals surface area contributed by atoms with Crippen molar-refractivity contribution in [2.24, 2.45) is 0 Å². The molecule has 3 aromatic rings. The normalized spacial score (nSPS) is 9.55. The Hall–Kier alpha value is -2.25. The van der Waals surface area contributed by atoms with E-state index in [1.807, 2.05) is 36.4 Å². The largest absolute Gasteiger partial charge is 0.497 e. The van der Waals surface area contributed by atoms with E-state index in [-0.39, 0.29) is 0 Å². The van der Waals surface area contributed by atoms with Gasteiger partial charge in [-0.25, -0.2) is 0 Å². The van der Waals surface area contributed by atoms with E-state index in [0.29, 0.717) is 5.88 Å². The Labute approximate surface area is 137 Å². The van der Waals surface area contributed by atoms with Gasteiger partial charge in [0.1, 0.15) is 5.75 Å². The summed E-state index contributed by atoms with van der Waals surface area (Å²) in [6.45, 7) is 0. The van der Waals surface area contributed by atoms with E-state index in [1.54, 1.807) is 7.11 Å². The minimum absolute atomic E-state index is 0.560. The van der Waals surface area contributed by atoms with Crippen LogP contribution in [0.4, 0.5) is 0 Å². The maximum absolute atomic E-state index is 5.58. The van der Waals surface area contributed by atoms with Crippen LogP contribution in [0.1, 0.15) is 5.56 Å². The predicted molar refractivity (Wildman–Crippen MR) is 94.4 cm³/mol. The summed E-state index contributed by atoms with van der Waals surface area (Å²) in [5.74, 6) is 1.43. The van der Waals surface area contributed by atoms with Gasteiger partial charge in [0.2, 0.25) is 0 Å². The van der Waals surface area contributed by atoms with E-state index < -0.39 is 0 Å². The molecular weight excluding hydrogens is 292 g/mol. The van der Waals surface area contributed by atoms with E-state index in [0.717, 1.165) is 11.3 Å².